The Hall–Kier alpha value is -3.13. The van der Waals surface area contributed by atoms with Gasteiger partial charge in [-0.15, -0.1) is 0 Å². The predicted octanol–water partition coefficient (Wildman–Crippen LogP) is 4.00. The van der Waals surface area contributed by atoms with Crippen LogP contribution in [0.15, 0.2) is 36.4 Å². The molecule has 1 amide bonds. The van der Waals surface area contributed by atoms with Gasteiger partial charge in [0.1, 0.15) is 23.4 Å². The van der Waals surface area contributed by atoms with Crippen LogP contribution in [0.25, 0.3) is 11.4 Å². The molecule has 1 N–H and O–H groups in total. The number of carbonyl (C=O) groups is 1. The highest BCUT2D eigenvalue weighted by Gasteiger charge is 2.24. The number of halogens is 2. The fourth-order valence-electron chi connectivity index (χ4n) is 3.05. The smallest absolute Gasteiger partial charge is 0.217 e. The van der Waals surface area contributed by atoms with Gasteiger partial charge in [0.2, 0.25) is 5.91 Å². The van der Waals surface area contributed by atoms with Crippen LogP contribution in [0.2, 0.25) is 5.02 Å². The lowest BCUT2D eigenvalue weighted by Crippen LogP contribution is -2.29. The largest absolute Gasteiger partial charge is 0.497 e. The first-order chi connectivity index (χ1) is 14.4. The third kappa shape index (κ3) is 4.54. The van der Waals surface area contributed by atoms with Crippen molar-refractivity contribution in [3.63, 3.8) is 0 Å². The fourth-order valence-corrected chi connectivity index (χ4v) is 3.17. The van der Waals surface area contributed by atoms with E-state index < -0.39 is 11.9 Å². The molecule has 0 radical (unpaired) electrons. The quantitative estimate of drug-likeness (QED) is 0.610. The van der Waals surface area contributed by atoms with Crippen molar-refractivity contribution in [2.75, 3.05) is 14.2 Å². The SMILES string of the molecule is CCn1nc(-c2ccc(Cl)c(F)c2)nc1C(NC(C)=O)c1cc(OC)cc(OC)c1. The molecule has 0 saturated carbocycles. The Morgan fingerprint density at radius 1 is 1.20 bits per heavy atom. The number of amides is 1. The lowest BCUT2D eigenvalue weighted by Gasteiger charge is -2.19. The van der Waals surface area contributed by atoms with Crippen LogP contribution in [0, 0.1) is 5.82 Å². The van der Waals surface area contributed by atoms with Crippen molar-refractivity contribution < 1.29 is 18.7 Å². The van der Waals surface area contributed by atoms with E-state index in [0.717, 1.165) is 0 Å². The second-order valence-corrected chi connectivity index (χ2v) is 6.92. The molecule has 7 nitrogen and oxygen atoms in total. The maximum absolute atomic E-state index is 13.9. The number of benzene rings is 2. The summed E-state index contributed by atoms with van der Waals surface area (Å²) in [5.41, 5.74) is 1.19. The molecule has 0 fully saturated rings. The monoisotopic (exact) mass is 432 g/mol. The zero-order valence-corrected chi connectivity index (χ0v) is 17.8. The molecule has 2 aromatic carbocycles. The minimum absolute atomic E-state index is 0.0218. The molecule has 1 atom stereocenters. The minimum atomic E-state index is -0.621. The number of aryl methyl sites for hydroxylation is 1. The van der Waals surface area contributed by atoms with Crippen LogP contribution in [0.3, 0.4) is 0 Å². The van der Waals surface area contributed by atoms with Crippen LogP contribution >= 0.6 is 11.6 Å². The number of methoxy groups -OCH3 is 2. The van der Waals surface area contributed by atoms with Crippen molar-refractivity contribution in [2.24, 2.45) is 0 Å². The molecule has 0 bridgehead atoms. The Kier molecular flexibility index (Phi) is 6.56. The first kappa shape index (κ1) is 21.6. The van der Waals surface area contributed by atoms with E-state index in [-0.39, 0.29) is 10.9 Å². The maximum Gasteiger partial charge on any atom is 0.217 e. The Morgan fingerprint density at radius 2 is 1.87 bits per heavy atom. The Bertz CT molecular complexity index is 1050. The van der Waals surface area contributed by atoms with Crippen LogP contribution in [0.1, 0.15) is 31.3 Å². The van der Waals surface area contributed by atoms with Crippen molar-refractivity contribution in [2.45, 2.75) is 26.4 Å². The van der Waals surface area contributed by atoms with Gasteiger partial charge in [0.05, 0.1) is 19.2 Å². The summed E-state index contributed by atoms with van der Waals surface area (Å²) < 4.78 is 26.3. The van der Waals surface area contributed by atoms with Gasteiger partial charge < -0.3 is 14.8 Å². The van der Waals surface area contributed by atoms with Crippen LogP contribution in [0.5, 0.6) is 11.5 Å². The summed E-state index contributed by atoms with van der Waals surface area (Å²) in [6, 6.07) is 9.08. The summed E-state index contributed by atoms with van der Waals surface area (Å²) in [6.07, 6.45) is 0. The first-order valence-corrected chi connectivity index (χ1v) is 9.64. The number of carbonyl (C=O) groups excluding carboxylic acids is 1. The van der Waals surface area contributed by atoms with Gasteiger partial charge in [-0.3, -0.25) is 4.79 Å². The van der Waals surface area contributed by atoms with E-state index >= 15 is 0 Å². The van der Waals surface area contributed by atoms with E-state index in [1.807, 2.05) is 6.92 Å². The normalized spacial score (nSPS) is 11.8. The molecule has 30 heavy (non-hydrogen) atoms. The van der Waals surface area contributed by atoms with Crippen molar-refractivity contribution in [3.8, 4) is 22.9 Å². The zero-order valence-electron chi connectivity index (χ0n) is 17.1. The molecule has 0 saturated heterocycles. The Balaban J connectivity index is 2.14. The molecular formula is C21H22ClFN4O3. The lowest BCUT2D eigenvalue weighted by atomic mass is 10.0. The summed E-state index contributed by atoms with van der Waals surface area (Å²) in [5.74, 6) is 1.16. The molecule has 0 aliphatic carbocycles. The molecule has 0 aliphatic heterocycles. The van der Waals surface area contributed by atoms with Gasteiger partial charge in [0.25, 0.3) is 0 Å². The molecule has 0 aliphatic rings. The van der Waals surface area contributed by atoms with Crippen LogP contribution in [-0.4, -0.2) is 34.9 Å². The van der Waals surface area contributed by atoms with Gasteiger partial charge in [0, 0.05) is 25.1 Å². The highest BCUT2D eigenvalue weighted by atomic mass is 35.5. The molecule has 3 aromatic rings. The molecular weight excluding hydrogens is 411 g/mol. The van der Waals surface area contributed by atoms with Gasteiger partial charge in [-0.25, -0.2) is 14.1 Å². The number of rotatable bonds is 7. The summed E-state index contributed by atoms with van der Waals surface area (Å²) >= 11 is 5.78. The van der Waals surface area contributed by atoms with Gasteiger partial charge >= 0.3 is 0 Å². The first-order valence-electron chi connectivity index (χ1n) is 9.26. The second kappa shape index (κ2) is 9.13. The van der Waals surface area contributed by atoms with Crippen LogP contribution in [-0.2, 0) is 11.3 Å². The van der Waals surface area contributed by atoms with Crippen LogP contribution < -0.4 is 14.8 Å². The minimum Gasteiger partial charge on any atom is -0.497 e. The third-order valence-electron chi connectivity index (χ3n) is 4.49. The van der Waals surface area contributed by atoms with E-state index in [9.17, 15) is 9.18 Å². The van der Waals surface area contributed by atoms with Crippen LogP contribution in [0.4, 0.5) is 4.39 Å². The molecule has 158 valence electrons. The van der Waals surface area contributed by atoms with E-state index in [1.165, 1.54) is 19.1 Å². The van der Waals surface area contributed by atoms with Gasteiger partial charge in [-0.2, -0.15) is 5.10 Å². The summed E-state index contributed by atoms with van der Waals surface area (Å²) in [6.45, 7) is 3.82. The molecule has 1 unspecified atom stereocenters. The second-order valence-electron chi connectivity index (χ2n) is 6.52. The van der Waals surface area contributed by atoms with E-state index in [0.29, 0.717) is 40.8 Å². The molecule has 3 rings (SSSR count). The number of hydrogen-bond donors (Lipinski definition) is 1. The van der Waals surface area contributed by atoms with E-state index in [2.05, 4.69) is 15.4 Å². The van der Waals surface area contributed by atoms with Gasteiger partial charge in [0.15, 0.2) is 11.6 Å². The average Bonchev–Trinajstić information content (AvgIpc) is 3.17. The number of hydrogen-bond acceptors (Lipinski definition) is 5. The molecule has 1 heterocycles. The predicted molar refractivity (Wildman–Crippen MR) is 111 cm³/mol. The number of ether oxygens (including phenoxy) is 2. The Labute approximate surface area is 178 Å². The molecule has 0 spiro atoms. The summed E-state index contributed by atoms with van der Waals surface area (Å²) in [4.78, 5) is 16.6. The van der Waals surface area contributed by atoms with E-state index in [1.54, 1.807) is 43.2 Å². The van der Waals surface area contributed by atoms with Crippen molar-refractivity contribution in [1.29, 1.82) is 0 Å². The summed E-state index contributed by atoms with van der Waals surface area (Å²) in [7, 11) is 3.10. The molecule has 9 heteroatoms. The third-order valence-corrected chi connectivity index (χ3v) is 4.80. The highest BCUT2D eigenvalue weighted by molar-refractivity contribution is 6.30. The number of aromatic nitrogens is 3. The van der Waals surface area contributed by atoms with E-state index in [4.69, 9.17) is 21.1 Å². The van der Waals surface area contributed by atoms with Crippen molar-refractivity contribution in [3.05, 3.63) is 58.6 Å². The highest BCUT2D eigenvalue weighted by Crippen LogP contribution is 2.31. The Morgan fingerprint density at radius 3 is 2.40 bits per heavy atom. The zero-order chi connectivity index (χ0) is 21.8. The standard InChI is InChI=1S/C21H22ClFN4O3/c1-5-27-21(25-20(26-27)13-6-7-17(22)18(23)10-13)19(24-12(2)28)14-8-15(29-3)11-16(9-14)30-4/h6-11,19H,5H2,1-4H3,(H,24,28). The topological polar surface area (TPSA) is 78.3 Å². The van der Waals surface area contributed by atoms with Crippen molar-refractivity contribution in [1.82, 2.24) is 20.1 Å². The fraction of sp³-hybridized carbons (Fsp3) is 0.286. The lowest BCUT2D eigenvalue weighted by molar-refractivity contribution is -0.119. The number of nitrogens with one attached hydrogen (secondary N) is 1. The maximum atomic E-state index is 13.9. The van der Waals surface area contributed by atoms with Gasteiger partial charge in [-0.1, -0.05) is 11.6 Å². The molecule has 1 aromatic heterocycles. The summed E-state index contributed by atoms with van der Waals surface area (Å²) in [5, 5.41) is 7.42. The number of nitrogens with zero attached hydrogens (tertiary/aromatic N) is 3. The van der Waals surface area contributed by atoms with Crippen molar-refractivity contribution >= 4 is 17.5 Å². The van der Waals surface area contributed by atoms with Gasteiger partial charge in [-0.05, 0) is 42.8 Å². The average molecular weight is 433 g/mol.